The molecule has 1 amide bonds. The van der Waals surface area contributed by atoms with Gasteiger partial charge in [-0.3, -0.25) is 4.79 Å². The maximum atomic E-state index is 10.7. The first kappa shape index (κ1) is 15.2. The smallest absolute Gasteiger partial charge is 0.335 e. The van der Waals surface area contributed by atoms with Gasteiger partial charge in [0.05, 0.1) is 11.2 Å². The first-order valence-electron chi connectivity index (χ1n) is 6.01. The van der Waals surface area contributed by atoms with E-state index in [9.17, 15) is 9.59 Å². The zero-order valence-electron chi connectivity index (χ0n) is 11.3. The summed E-state index contributed by atoms with van der Waals surface area (Å²) in [5.41, 5.74) is 0.760. The molecular weight excluding hydrogens is 246 g/mol. The van der Waals surface area contributed by atoms with Crippen LogP contribution in [0.5, 0.6) is 0 Å². The van der Waals surface area contributed by atoms with Gasteiger partial charge < -0.3 is 15.2 Å². The van der Waals surface area contributed by atoms with Gasteiger partial charge in [0.1, 0.15) is 6.23 Å². The van der Waals surface area contributed by atoms with E-state index in [0.29, 0.717) is 12.8 Å². The van der Waals surface area contributed by atoms with Crippen LogP contribution in [0.4, 0.5) is 0 Å². The minimum atomic E-state index is -0.958. The number of aromatic carboxylic acids is 1. The molecule has 0 bridgehead atoms. The van der Waals surface area contributed by atoms with Crippen LogP contribution in [0.3, 0.4) is 0 Å². The molecule has 2 N–H and O–H groups in total. The summed E-state index contributed by atoms with van der Waals surface area (Å²) in [6.45, 7) is 5.71. The fourth-order valence-corrected chi connectivity index (χ4v) is 1.63. The second-order valence-corrected chi connectivity index (χ2v) is 5.21. The van der Waals surface area contributed by atoms with Crippen molar-refractivity contribution in [2.75, 3.05) is 0 Å². The molecule has 104 valence electrons. The number of amides is 1. The third kappa shape index (κ3) is 5.52. The van der Waals surface area contributed by atoms with Crippen molar-refractivity contribution in [3.8, 4) is 0 Å². The maximum absolute atomic E-state index is 10.7. The summed E-state index contributed by atoms with van der Waals surface area (Å²) < 4.78 is 5.70. The average Bonchev–Trinajstić information content (AvgIpc) is 2.27. The molecule has 19 heavy (non-hydrogen) atoms. The topological polar surface area (TPSA) is 75.6 Å². The number of ether oxygens (including phenoxy) is 1. The van der Waals surface area contributed by atoms with E-state index in [0.717, 1.165) is 5.56 Å². The van der Waals surface area contributed by atoms with Gasteiger partial charge in [0, 0.05) is 6.42 Å². The number of benzene rings is 1. The molecule has 0 aromatic heterocycles. The van der Waals surface area contributed by atoms with Crippen molar-refractivity contribution in [2.24, 2.45) is 0 Å². The molecule has 1 unspecified atom stereocenters. The lowest BCUT2D eigenvalue weighted by molar-refractivity contribution is -0.119. The molecule has 0 heterocycles. The van der Waals surface area contributed by atoms with E-state index in [2.05, 4.69) is 5.32 Å². The Labute approximate surface area is 112 Å². The van der Waals surface area contributed by atoms with Crippen LogP contribution in [0.2, 0.25) is 0 Å². The van der Waals surface area contributed by atoms with Crippen LogP contribution in [0.15, 0.2) is 24.3 Å². The van der Waals surface area contributed by atoms with Crippen molar-refractivity contribution < 1.29 is 19.4 Å². The third-order valence-electron chi connectivity index (χ3n) is 2.37. The minimum absolute atomic E-state index is 0.236. The molecule has 1 aromatic carbocycles. The lowest BCUT2D eigenvalue weighted by atomic mass is 10.1. The summed E-state index contributed by atoms with van der Waals surface area (Å²) in [4.78, 5) is 21.3. The van der Waals surface area contributed by atoms with Crippen LogP contribution in [-0.2, 0) is 16.0 Å². The molecule has 0 radical (unpaired) electrons. The van der Waals surface area contributed by atoms with Crippen molar-refractivity contribution in [1.29, 1.82) is 0 Å². The molecule has 1 atom stereocenters. The lowest BCUT2D eigenvalue weighted by Crippen LogP contribution is -2.39. The van der Waals surface area contributed by atoms with Crippen LogP contribution in [0.25, 0.3) is 0 Å². The number of carboxylic acids is 1. The van der Waals surface area contributed by atoms with Gasteiger partial charge in [-0.15, -0.1) is 0 Å². The Morgan fingerprint density at radius 1 is 1.37 bits per heavy atom. The summed E-state index contributed by atoms with van der Waals surface area (Å²) in [5, 5.41) is 11.4. The summed E-state index contributed by atoms with van der Waals surface area (Å²) in [6.07, 6.45) is 0.644. The molecule has 0 aliphatic heterocycles. The van der Waals surface area contributed by atoms with Gasteiger partial charge in [-0.2, -0.15) is 0 Å². The number of nitrogens with one attached hydrogen (secondary N) is 1. The third-order valence-corrected chi connectivity index (χ3v) is 2.37. The largest absolute Gasteiger partial charge is 0.478 e. The van der Waals surface area contributed by atoms with Gasteiger partial charge in [-0.25, -0.2) is 4.79 Å². The highest BCUT2D eigenvalue weighted by molar-refractivity contribution is 5.87. The summed E-state index contributed by atoms with van der Waals surface area (Å²) in [6, 6.07) is 6.50. The van der Waals surface area contributed by atoms with Crippen molar-refractivity contribution >= 4 is 12.4 Å². The van der Waals surface area contributed by atoms with Crippen molar-refractivity contribution in [2.45, 2.75) is 39.0 Å². The Morgan fingerprint density at radius 2 is 1.95 bits per heavy atom. The molecule has 5 nitrogen and oxygen atoms in total. The number of carbonyl (C=O) groups is 2. The molecular formula is C14H19NO4. The Balaban J connectivity index is 2.73. The van der Waals surface area contributed by atoms with E-state index in [1.54, 1.807) is 12.1 Å². The zero-order chi connectivity index (χ0) is 14.5. The van der Waals surface area contributed by atoms with Crippen LogP contribution in [0, 0.1) is 0 Å². The zero-order valence-corrected chi connectivity index (χ0v) is 11.3. The number of rotatable bonds is 6. The monoisotopic (exact) mass is 265 g/mol. The molecule has 0 spiro atoms. The Hall–Kier alpha value is -1.88. The van der Waals surface area contributed by atoms with Crippen molar-refractivity contribution in [3.05, 3.63) is 35.4 Å². The SMILES string of the molecule is CC(C)(C)OC(Cc1ccc(C(=O)O)cc1)NC=O. The molecule has 1 rings (SSSR count). The van der Waals surface area contributed by atoms with E-state index in [1.165, 1.54) is 12.1 Å². The number of hydrogen-bond acceptors (Lipinski definition) is 3. The van der Waals surface area contributed by atoms with Gasteiger partial charge in [0.2, 0.25) is 6.41 Å². The van der Waals surface area contributed by atoms with Crippen LogP contribution in [-0.4, -0.2) is 29.3 Å². The predicted octanol–water partition coefficient (Wildman–Crippen LogP) is 1.81. The fraction of sp³-hybridized carbons (Fsp3) is 0.429. The van der Waals surface area contributed by atoms with Crippen LogP contribution in [0.1, 0.15) is 36.7 Å². The Bertz CT molecular complexity index is 434. The van der Waals surface area contributed by atoms with Gasteiger partial charge >= 0.3 is 5.97 Å². The lowest BCUT2D eigenvalue weighted by Gasteiger charge is -2.27. The Morgan fingerprint density at radius 3 is 2.37 bits per heavy atom. The number of carbonyl (C=O) groups excluding carboxylic acids is 1. The summed E-state index contributed by atoms with van der Waals surface area (Å²) >= 11 is 0. The van der Waals surface area contributed by atoms with E-state index >= 15 is 0 Å². The highest BCUT2D eigenvalue weighted by Crippen LogP contribution is 2.14. The summed E-state index contributed by atoms with van der Waals surface area (Å²) in [7, 11) is 0. The van der Waals surface area contributed by atoms with Crippen LogP contribution >= 0.6 is 0 Å². The number of hydrogen-bond donors (Lipinski definition) is 2. The van der Waals surface area contributed by atoms with Gasteiger partial charge in [0.15, 0.2) is 0 Å². The summed E-state index contributed by atoms with van der Waals surface area (Å²) in [5.74, 6) is -0.958. The average molecular weight is 265 g/mol. The minimum Gasteiger partial charge on any atom is -0.478 e. The van der Waals surface area contributed by atoms with E-state index in [4.69, 9.17) is 9.84 Å². The van der Waals surface area contributed by atoms with E-state index in [1.807, 2.05) is 20.8 Å². The quantitative estimate of drug-likeness (QED) is 0.607. The molecule has 0 saturated heterocycles. The molecule has 1 aromatic rings. The van der Waals surface area contributed by atoms with E-state index < -0.39 is 12.2 Å². The van der Waals surface area contributed by atoms with Crippen LogP contribution < -0.4 is 5.32 Å². The van der Waals surface area contributed by atoms with Crippen molar-refractivity contribution in [1.82, 2.24) is 5.32 Å². The van der Waals surface area contributed by atoms with E-state index in [-0.39, 0.29) is 11.2 Å². The second-order valence-electron chi connectivity index (χ2n) is 5.21. The van der Waals surface area contributed by atoms with Gasteiger partial charge in [-0.05, 0) is 38.5 Å². The Kier molecular flexibility index (Phi) is 5.06. The standard InChI is InChI=1S/C14H19NO4/c1-14(2,3)19-12(15-9-16)8-10-4-6-11(7-5-10)13(17)18/h4-7,9,12H,8H2,1-3H3,(H,15,16)(H,17,18). The number of carboxylic acid groups (broad SMARTS) is 1. The first-order chi connectivity index (χ1) is 8.81. The predicted molar refractivity (Wildman–Crippen MR) is 70.9 cm³/mol. The second kappa shape index (κ2) is 6.33. The van der Waals surface area contributed by atoms with Gasteiger partial charge in [0.25, 0.3) is 0 Å². The highest BCUT2D eigenvalue weighted by Gasteiger charge is 2.18. The molecule has 0 aliphatic rings. The maximum Gasteiger partial charge on any atom is 0.335 e. The molecule has 0 aliphatic carbocycles. The van der Waals surface area contributed by atoms with Crippen molar-refractivity contribution in [3.63, 3.8) is 0 Å². The molecule has 5 heteroatoms. The normalized spacial score (nSPS) is 12.8. The van der Waals surface area contributed by atoms with Gasteiger partial charge in [-0.1, -0.05) is 12.1 Å². The first-order valence-corrected chi connectivity index (χ1v) is 6.01. The fourth-order valence-electron chi connectivity index (χ4n) is 1.63. The molecule has 0 saturated carbocycles. The molecule has 0 fully saturated rings. The highest BCUT2D eigenvalue weighted by atomic mass is 16.5.